The van der Waals surface area contributed by atoms with Crippen molar-refractivity contribution in [3.8, 4) is 10.6 Å². The van der Waals surface area contributed by atoms with Gasteiger partial charge in [0, 0.05) is 29.8 Å². The number of aromatic nitrogens is 2. The number of pyridine rings is 1. The Hall–Kier alpha value is -1.42. The van der Waals surface area contributed by atoms with Crippen molar-refractivity contribution in [1.29, 1.82) is 0 Å². The van der Waals surface area contributed by atoms with Crippen LogP contribution in [0.3, 0.4) is 0 Å². The number of halogens is 2. The van der Waals surface area contributed by atoms with Crippen molar-refractivity contribution >= 4 is 34.5 Å². The molecule has 0 bridgehead atoms. The summed E-state index contributed by atoms with van der Waals surface area (Å²) in [5.74, 6) is 0. The first-order valence-electron chi connectivity index (χ1n) is 6.01. The van der Waals surface area contributed by atoms with Gasteiger partial charge in [-0.25, -0.2) is 4.98 Å². The maximum Gasteiger partial charge on any atom is 0.125 e. The third-order valence-corrected chi connectivity index (χ3v) is 4.51. The Morgan fingerprint density at radius 3 is 2.75 bits per heavy atom. The van der Waals surface area contributed by atoms with E-state index in [-0.39, 0.29) is 0 Å². The summed E-state index contributed by atoms with van der Waals surface area (Å²) in [6.45, 7) is 0. The van der Waals surface area contributed by atoms with E-state index >= 15 is 0 Å². The number of nitrogens with zero attached hydrogens (tertiary/aromatic N) is 2. The van der Waals surface area contributed by atoms with Crippen LogP contribution < -0.4 is 0 Å². The SMILES string of the molecule is Clc1ccc(Cc2csc(-c3cccnc3)n2)cc1Cl. The summed E-state index contributed by atoms with van der Waals surface area (Å²) < 4.78 is 0. The number of rotatable bonds is 3. The molecule has 3 rings (SSSR count). The lowest BCUT2D eigenvalue weighted by Gasteiger charge is -2.01. The molecule has 0 saturated heterocycles. The van der Waals surface area contributed by atoms with Crippen molar-refractivity contribution in [3.63, 3.8) is 0 Å². The van der Waals surface area contributed by atoms with E-state index in [1.807, 2.05) is 36.5 Å². The molecule has 0 aliphatic rings. The van der Waals surface area contributed by atoms with Crippen molar-refractivity contribution in [2.75, 3.05) is 0 Å². The zero-order chi connectivity index (χ0) is 13.9. The van der Waals surface area contributed by atoms with E-state index in [2.05, 4.69) is 15.3 Å². The minimum Gasteiger partial charge on any atom is -0.264 e. The van der Waals surface area contributed by atoms with E-state index < -0.39 is 0 Å². The summed E-state index contributed by atoms with van der Waals surface area (Å²) in [5.41, 5.74) is 3.16. The van der Waals surface area contributed by atoms with E-state index in [9.17, 15) is 0 Å². The molecular weight excluding hydrogens is 311 g/mol. The third-order valence-electron chi connectivity index (χ3n) is 2.83. The van der Waals surface area contributed by atoms with Gasteiger partial charge in [0.2, 0.25) is 0 Å². The molecule has 20 heavy (non-hydrogen) atoms. The molecule has 0 spiro atoms. The molecule has 3 aromatic rings. The van der Waals surface area contributed by atoms with Crippen LogP contribution in [-0.2, 0) is 6.42 Å². The van der Waals surface area contributed by atoms with E-state index in [4.69, 9.17) is 23.2 Å². The molecule has 5 heteroatoms. The number of hydrogen-bond acceptors (Lipinski definition) is 3. The average Bonchev–Trinajstić information content (AvgIpc) is 2.92. The summed E-state index contributed by atoms with van der Waals surface area (Å²) in [6.07, 6.45) is 4.32. The predicted molar refractivity (Wildman–Crippen MR) is 84.6 cm³/mol. The van der Waals surface area contributed by atoms with Gasteiger partial charge < -0.3 is 0 Å². The fourth-order valence-corrected chi connectivity index (χ4v) is 3.00. The molecule has 0 unspecified atom stereocenters. The van der Waals surface area contributed by atoms with Crippen molar-refractivity contribution in [3.05, 3.63) is 69.4 Å². The summed E-state index contributed by atoms with van der Waals surface area (Å²) in [4.78, 5) is 8.74. The van der Waals surface area contributed by atoms with Crippen molar-refractivity contribution < 1.29 is 0 Å². The fourth-order valence-electron chi connectivity index (χ4n) is 1.87. The molecule has 0 amide bonds. The van der Waals surface area contributed by atoms with Crippen LogP contribution in [0, 0.1) is 0 Å². The summed E-state index contributed by atoms with van der Waals surface area (Å²) in [6, 6.07) is 9.59. The maximum absolute atomic E-state index is 6.02. The number of thiazole rings is 1. The second-order valence-corrected chi connectivity index (χ2v) is 5.98. The van der Waals surface area contributed by atoms with Crippen LogP contribution in [0.4, 0.5) is 0 Å². The van der Waals surface area contributed by atoms with E-state index in [0.717, 1.165) is 28.2 Å². The van der Waals surface area contributed by atoms with Crippen LogP contribution >= 0.6 is 34.5 Å². The standard InChI is InChI=1S/C15H10Cl2N2S/c16-13-4-3-10(7-14(13)17)6-12-9-20-15(19-12)11-2-1-5-18-8-11/h1-5,7-9H,6H2. The second kappa shape index (κ2) is 5.92. The molecule has 2 aromatic heterocycles. The van der Waals surface area contributed by atoms with Crippen molar-refractivity contribution in [2.45, 2.75) is 6.42 Å². The van der Waals surface area contributed by atoms with Gasteiger partial charge in [-0.15, -0.1) is 11.3 Å². The Kier molecular flexibility index (Phi) is 4.01. The van der Waals surface area contributed by atoms with Crippen LogP contribution in [0.25, 0.3) is 10.6 Å². The first-order chi connectivity index (χ1) is 9.72. The average molecular weight is 321 g/mol. The molecule has 1 aromatic carbocycles. The predicted octanol–water partition coefficient (Wildman–Crippen LogP) is 5.10. The highest BCUT2D eigenvalue weighted by molar-refractivity contribution is 7.13. The molecule has 0 atom stereocenters. The van der Waals surface area contributed by atoms with Gasteiger partial charge in [0.1, 0.15) is 5.01 Å². The quantitative estimate of drug-likeness (QED) is 0.670. The van der Waals surface area contributed by atoms with Gasteiger partial charge in [-0.3, -0.25) is 4.98 Å². The molecule has 0 N–H and O–H groups in total. The lowest BCUT2D eigenvalue weighted by molar-refractivity contribution is 1.11. The summed E-state index contributed by atoms with van der Waals surface area (Å²) in [5, 5.41) is 4.19. The van der Waals surface area contributed by atoms with Gasteiger partial charge in [-0.05, 0) is 29.8 Å². The Morgan fingerprint density at radius 1 is 1.10 bits per heavy atom. The lowest BCUT2D eigenvalue weighted by atomic mass is 10.1. The lowest BCUT2D eigenvalue weighted by Crippen LogP contribution is -1.89. The van der Waals surface area contributed by atoms with Gasteiger partial charge >= 0.3 is 0 Å². The fraction of sp³-hybridized carbons (Fsp3) is 0.0667. The highest BCUT2D eigenvalue weighted by Crippen LogP contribution is 2.26. The smallest absolute Gasteiger partial charge is 0.125 e. The molecule has 0 saturated carbocycles. The van der Waals surface area contributed by atoms with Gasteiger partial charge in [-0.2, -0.15) is 0 Å². The van der Waals surface area contributed by atoms with Gasteiger partial charge in [-0.1, -0.05) is 29.3 Å². The zero-order valence-electron chi connectivity index (χ0n) is 10.4. The Morgan fingerprint density at radius 2 is 2.00 bits per heavy atom. The minimum atomic E-state index is 0.574. The molecule has 2 heterocycles. The highest BCUT2D eigenvalue weighted by atomic mass is 35.5. The van der Waals surface area contributed by atoms with Crippen LogP contribution in [0.15, 0.2) is 48.1 Å². The monoisotopic (exact) mass is 320 g/mol. The van der Waals surface area contributed by atoms with Crippen LogP contribution in [0.5, 0.6) is 0 Å². The summed E-state index contributed by atoms with van der Waals surface area (Å²) >= 11 is 13.6. The molecule has 0 fully saturated rings. The molecule has 0 aliphatic carbocycles. The van der Waals surface area contributed by atoms with Crippen molar-refractivity contribution in [1.82, 2.24) is 9.97 Å². The maximum atomic E-state index is 6.02. The van der Waals surface area contributed by atoms with Crippen LogP contribution in [-0.4, -0.2) is 9.97 Å². The van der Waals surface area contributed by atoms with Crippen molar-refractivity contribution in [2.24, 2.45) is 0 Å². The van der Waals surface area contributed by atoms with E-state index in [1.165, 1.54) is 0 Å². The number of benzene rings is 1. The first-order valence-corrected chi connectivity index (χ1v) is 7.64. The minimum absolute atomic E-state index is 0.574. The first kappa shape index (κ1) is 13.6. The molecule has 0 aliphatic heterocycles. The highest BCUT2D eigenvalue weighted by Gasteiger charge is 2.06. The van der Waals surface area contributed by atoms with Crippen LogP contribution in [0.1, 0.15) is 11.3 Å². The van der Waals surface area contributed by atoms with Gasteiger partial charge in [0.25, 0.3) is 0 Å². The normalized spacial score (nSPS) is 10.7. The van der Waals surface area contributed by atoms with Gasteiger partial charge in [0.05, 0.1) is 15.7 Å². The van der Waals surface area contributed by atoms with E-state index in [1.54, 1.807) is 17.5 Å². The Balaban J connectivity index is 1.82. The molecule has 2 nitrogen and oxygen atoms in total. The van der Waals surface area contributed by atoms with Gasteiger partial charge in [0.15, 0.2) is 0 Å². The summed E-state index contributed by atoms with van der Waals surface area (Å²) in [7, 11) is 0. The largest absolute Gasteiger partial charge is 0.264 e. The Labute approximate surface area is 131 Å². The topological polar surface area (TPSA) is 25.8 Å². The number of hydrogen-bond donors (Lipinski definition) is 0. The van der Waals surface area contributed by atoms with E-state index in [0.29, 0.717) is 10.0 Å². The van der Waals surface area contributed by atoms with Crippen LogP contribution in [0.2, 0.25) is 10.0 Å². The third kappa shape index (κ3) is 3.01. The second-order valence-electron chi connectivity index (χ2n) is 4.31. The molecule has 100 valence electrons. The molecular formula is C15H10Cl2N2S. The zero-order valence-corrected chi connectivity index (χ0v) is 12.7. The Bertz CT molecular complexity index is 726. The molecule has 0 radical (unpaired) electrons.